The van der Waals surface area contributed by atoms with Crippen molar-refractivity contribution in [3.05, 3.63) is 205 Å². The van der Waals surface area contributed by atoms with Gasteiger partial charge in [0.25, 0.3) is 0 Å². The molecule has 10 rings (SSSR count). The number of nitrogens with zero attached hydrogens (tertiary/aromatic N) is 6. The van der Waals surface area contributed by atoms with Crippen LogP contribution in [0.5, 0.6) is 0 Å². The lowest BCUT2D eigenvalue weighted by molar-refractivity contribution is 0.628. The maximum Gasteiger partial charge on any atom is 0.166 e. The second-order valence-electron chi connectivity index (χ2n) is 14.5. The molecule has 0 aliphatic heterocycles. The first-order valence-electron chi connectivity index (χ1n) is 19.4. The highest BCUT2D eigenvalue weighted by Gasteiger charge is 2.21. The Morgan fingerprint density at radius 3 is 1.33 bits per heavy atom. The molecule has 280 valence electrons. The van der Waals surface area contributed by atoms with Crippen molar-refractivity contribution < 1.29 is 4.39 Å². The topological polar surface area (TPSA) is 91.2 Å². The molecule has 0 saturated carbocycles. The Morgan fingerprint density at radius 2 is 0.817 bits per heavy atom. The van der Waals surface area contributed by atoms with Crippen molar-refractivity contribution in [3.63, 3.8) is 0 Å². The van der Waals surface area contributed by atoms with E-state index in [-0.39, 0.29) is 5.82 Å². The van der Waals surface area contributed by atoms with E-state index < -0.39 is 0 Å². The first kappa shape index (κ1) is 35.9. The van der Waals surface area contributed by atoms with Crippen LogP contribution in [0.3, 0.4) is 0 Å². The number of halogens is 1. The third kappa shape index (κ3) is 6.63. The van der Waals surface area contributed by atoms with E-state index >= 15 is 0 Å². The van der Waals surface area contributed by atoms with E-state index in [0.717, 1.165) is 77.6 Å². The monoisotopic (exact) mass is 770 g/mol. The normalized spacial score (nSPS) is 11.1. The van der Waals surface area contributed by atoms with Crippen molar-refractivity contribution in [2.24, 2.45) is 0 Å². The van der Waals surface area contributed by atoms with Gasteiger partial charge in [0.1, 0.15) is 5.82 Å². The fraction of sp³-hybridized carbons (Fsp3) is 0. The third-order valence-electron chi connectivity index (χ3n) is 10.8. The summed E-state index contributed by atoms with van der Waals surface area (Å²) in [6.45, 7) is 0. The minimum Gasteiger partial charge on any atom is -0.308 e. The standard InChI is InChI=1S/C53H31FN6/c54-44-22-17-36(18-23-44)43-19-24-45(53-58-51(37-11-3-1-4-12-37)57-52(59-53)38-13-5-2-6-14-38)50(31-43)60-48-25-20-41(39-15-7-9-34(27-39)32-55)29-46(48)47-30-42(21-26-49(47)60)40-16-8-10-35(28-40)33-56/h1-31H. The van der Waals surface area contributed by atoms with Gasteiger partial charge in [-0.3, -0.25) is 0 Å². The molecule has 8 aromatic carbocycles. The number of benzene rings is 8. The molecule has 0 unspecified atom stereocenters. The maximum atomic E-state index is 14.2. The highest BCUT2D eigenvalue weighted by Crippen LogP contribution is 2.41. The molecule has 60 heavy (non-hydrogen) atoms. The minimum absolute atomic E-state index is 0.308. The molecular weight excluding hydrogens is 740 g/mol. The van der Waals surface area contributed by atoms with Crippen LogP contribution in [0, 0.1) is 28.5 Å². The van der Waals surface area contributed by atoms with Crippen LogP contribution in [-0.2, 0) is 0 Å². The SMILES string of the molecule is N#Cc1cccc(-c2ccc3c(c2)c2cc(-c4cccc(C#N)c4)ccc2n3-c2cc(-c3ccc(F)cc3)ccc2-c2nc(-c3ccccc3)nc(-c3ccccc3)n2)c1. The molecule has 0 amide bonds. The van der Waals surface area contributed by atoms with Gasteiger partial charge in [-0.15, -0.1) is 0 Å². The largest absolute Gasteiger partial charge is 0.308 e. The second-order valence-corrected chi connectivity index (χ2v) is 14.5. The first-order chi connectivity index (χ1) is 29.5. The summed E-state index contributed by atoms with van der Waals surface area (Å²) in [6.07, 6.45) is 0. The highest BCUT2D eigenvalue weighted by atomic mass is 19.1. The van der Waals surface area contributed by atoms with Crippen molar-refractivity contribution in [1.29, 1.82) is 10.5 Å². The molecule has 0 aliphatic rings. The molecule has 10 aromatic rings. The number of aromatic nitrogens is 4. The van der Waals surface area contributed by atoms with E-state index in [1.807, 2.05) is 109 Å². The van der Waals surface area contributed by atoms with Crippen LogP contribution >= 0.6 is 0 Å². The molecule has 7 heteroatoms. The Morgan fingerprint density at radius 1 is 0.383 bits per heavy atom. The van der Waals surface area contributed by atoms with Crippen LogP contribution < -0.4 is 0 Å². The summed E-state index contributed by atoms with van der Waals surface area (Å²) in [4.78, 5) is 15.3. The van der Waals surface area contributed by atoms with Crippen molar-refractivity contribution in [2.75, 3.05) is 0 Å². The number of rotatable bonds is 7. The Kier molecular flexibility index (Phi) is 9.02. The van der Waals surface area contributed by atoms with Gasteiger partial charge >= 0.3 is 0 Å². The zero-order valence-electron chi connectivity index (χ0n) is 32.0. The Balaban J connectivity index is 1.28. The van der Waals surface area contributed by atoms with Gasteiger partial charge < -0.3 is 4.57 Å². The zero-order chi connectivity index (χ0) is 40.6. The summed E-state index contributed by atoms with van der Waals surface area (Å²) in [5, 5.41) is 21.4. The predicted molar refractivity (Wildman–Crippen MR) is 236 cm³/mol. The molecule has 0 N–H and O–H groups in total. The minimum atomic E-state index is -0.308. The predicted octanol–water partition coefficient (Wildman–Crippen LogP) is 12.9. The Bertz CT molecular complexity index is 3170. The Hall–Kier alpha value is -8.52. The molecule has 6 nitrogen and oxygen atoms in total. The van der Waals surface area contributed by atoms with Gasteiger partial charge in [0.2, 0.25) is 0 Å². The number of fused-ring (bicyclic) bond motifs is 3. The molecule has 0 aliphatic carbocycles. The summed E-state index contributed by atoms with van der Waals surface area (Å²) in [5.74, 6) is 1.28. The Labute approximate surface area is 345 Å². The maximum absolute atomic E-state index is 14.2. The fourth-order valence-electron chi connectivity index (χ4n) is 7.84. The van der Waals surface area contributed by atoms with Crippen LogP contribution in [-0.4, -0.2) is 19.5 Å². The van der Waals surface area contributed by atoms with Crippen LogP contribution in [0.25, 0.3) is 95.0 Å². The van der Waals surface area contributed by atoms with Crippen molar-refractivity contribution in [1.82, 2.24) is 19.5 Å². The lowest BCUT2D eigenvalue weighted by Gasteiger charge is -2.17. The third-order valence-corrected chi connectivity index (χ3v) is 10.8. The van der Waals surface area contributed by atoms with Gasteiger partial charge in [0.15, 0.2) is 17.5 Å². The molecule has 2 heterocycles. The molecule has 2 aromatic heterocycles. The quantitative estimate of drug-likeness (QED) is 0.161. The summed E-state index contributed by atoms with van der Waals surface area (Å²) < 4.78 is 16.5. The number of hydrogen-bond acceptors (Lipinski definition) is 5. The summed E-state index contributed by atoms with van der Waals surface area (Å²) in [5.41, 5.74) is 11.9. The van der Waals surface area contributed by atoms with Crippen LogP contribution in [0.4, 0.5) is 4.39 Å². The summed E-state index contributed by atoms with van der Waals surface area (Å²) in [7, 11) is 0. The van der Waals surface area contributed by atoms with E-state index in [1.165, 1.54) is 12.1 Å². The molecule has 0 bridgehead atoms. The summed E-state index contributed by atoms with van der Waals surface area (Å²) in [6, 6.07) is 65.0. The fourth-order valence-corrected chi connectivity index (χ4v) is 7.84. The average Bonchev–Trinajstić information content (AvgIpc) is 3.65. The molecule has 0 fully saturated rings. The zero-order valence-corrected chi connectivity index (χ0v) is 32.0. The number of nitriles is 2. The van der Waals surface area contributed by atoms with Gasteiger partial charge in [-0.1, -0.05) is 115 Å². The van der Waals surface area contributed by atoms with E-state index in [0.29, 0.717) is 28.6 Å². The van der Waals surface area contributed by atoms with E-state index in [4.69, 9.17) is 15.0 Å². The van der Waals surface area contributed by atoms with Crippen LogP contribution in [0.1, 0.15) is 11.1 Å². The molecule has 0 saturated heterocycles. The van der Waals surface area contributed by atoms with E-state index in [1.54, 1.807) is 24.3 Å². The van der Waals surface area contributed by atoms with E-state index in [9.17, 15) is 14.9 Å². The molecular formula is C53H31FN6. The number of hydrogen-bond donors (Lipinski definition) is 0. The van der Waals surface area contributed by atoms with Gasteiger partial charge in [-0.05, 0) is 106 Å². The van der Waals surface area contributed by atoms with Crippen molar-refractivity contribution in [3.8, 4) is 85.4 Å². The lowest BCUT2D eigenvalue weighted by atomic mass is 9.99. The van der Waals surface area contributed by atoms with Crippen LogP contribution in [0.15, 0.2) is 188 Å². The smallest absolute Gasteiger partial charge is 0.166 e. The molecule has 0 radical (unpaired) electrons. The van der Waals surface area contributed by atoms with E-state index in [2.05, 4.69) is 59.2 Å². The molecule has 0 atom stereocenters. The summed E-state index contributed by atoms with van der Waals surface area (Å²) >= 11 is 0. The molecule has 0 spiro atoms. The van der Waals surface area contributed by atoms with Gasteiger partial charge in [-0.2, -0.15) is 10.5 Å². The van der Waals surface area contributed by atoms with Gasteiger partial charge in [0, 0.05) is 27.5 Å². The van der Waals surface area contributed by atoms with Gasteiger partial charge in [0.05, 0.1) is 40.0 Å². The first-order valence-corrected chi connectivity index (χ1v) is 19.4. The second kappa shape index (κ2) is 15.1. The lowest BCUT2D eigenvalue weighted by Crippen LogP contribution is -2.04. The highest BCUT2D eigenvalue weighted by molar-refractivity contribution is 6.12. The van der Waals surface area contributed by atoms with Crippen LogP contribution in [0.2, 0.25) is 0 Å². The average molecular weight is 771 g/mol. The van der Waals surface area contributed by atoms with Gasteiger partial charge in [-0.25, -0.2) is 19.3 Å². The van der Waals surface area contributed by atoms with Crippen molar-refractivity contribution >= 4 is 21.8 Å². The van der Waals surface area contributed by atoms with Crippen molar-refractivity contribution in [2.45, 2.75) is 0 Å².